The molecule has 204 valence electrons. The molecule has 0 saturated heterocycles. The Kier molecular flexibility index (Phi) is 14.4. The molecule has 0 aromatic carbocycles. The van der Waals surface area contributed by atoms with E-state index in [1.54, 1.807) is 13.8 Å². The van der Waals surface area contributed by atoms with E-state index in [-0.39, 0.29) is 50.9 Å². The summed E-state index contributed by atoms with van der Waals surface area (Å²) in [6.45, 7) is 3.52. The third kappa shape index (κ3) is 13.8. The second-order valence-corrected chi connectivity index (χ2v) is 8.77. The number of nitrogens with two attached hydrogens (primary N) is 4. The molecule has 0 heterocycles. The first kappa shape index (κ1) is 32.2. The summed E-state index contributed by atoms with van der Waals surface area (Å²) in [6, 6.07) is -5.18. The Hall–Kier alpha value is -3.75. The van der Waals surface area contributed by atoms with Crippen molar-refractivity contribution in [1.29, 1.82) is 0 Å². The van der Waals surface area contributed by atoms with Crippen LogP contribution in [0.1, 0.15) is 58.8 Å². The molecule has 4 atom stereocenters. The molecule has 0 aliphatic carbocycles. The first-order valence-electron chi connectivity index (χ1n) is 11.4. The molecule has 0 saturated carbocycles. The summed E-state index contributed by atoms with van der Waals surface area (Å²) in [5.74, 6) is -6.17. The molecule has 15 heteroatoms. The normalized spacial score (nSPS) is 14.1. The highest BCUT2D eigenvalue weighted by molar-refractivity contribution is 5.94. The van der Waals surface area contributed by atoms with Crippen molar-refractivity contribution in [2.24, 2.45) is 28.9 Å². The summed E-state index contributed by atoms with van der Waals surface area (Å²) < 4.78 is 0. The molecule has 36 heavy (non-hydrogen) atoms. The predicted molar refractivity (Wildman–Crippen MR) is 126 cm³/mol. The van der Waals surface area contributed by atoms with Crippen LogP contribution in [0.3, 0.4) is 0 Å². The minimum atomic E-state index is -1.38. The van der Waals surface area contributed by atoms with Crippen LogP contribution in [0.2, 0.25) is 0 Å². The molecular weight excluding hydrogens is 478 g/mol. The zero-order valence-electron chi connectivity index (χ0n) is 20.5. The Morgan fingerprint density at radius 2 is 1.00 bits per heavy atom. The van der Waals surface area contributed by atoms with E-state index in [1.807, 2.05) is 0 Å². The van der Waals surface area contributed by atoms with Crippen LogP contribution in [0.25, 0.3) is 0 Å². The van der Waals surface area contributed by atoms with Crippen molar-refractivity contribution >= 4 is 41.4 Å². The smallest absolute Gasteiger partial charge is 0.326 e. The highest BCUT2D eigenvalue weighted by atomic mass is 16.4. The largest absolute Gasteiger partial charge is 0.480 e. The van der Waals surface area contributed by atoms with Crippen LogP contribution in [0.4, 0.5) is 0 Å². The maximum absolute atomic E-state index is 12.9. The van der Waals surface area contributed by atoms with Gasteiger partial charge < -0.3 is 44.0 Å². The van der Waals surface area contributed by atoms with Crippen LogP contribution in [0, 0.1) is 5.92 Å². The van der Waals surface area contributed by atoms with Gasteiger partial charge in [0.25, 0.3) is 0 Å². The SMILES string of the molecule is CC(C)CC(NC(=O)C(CCC(N)=O)NC(=O)C(CCC(N)=O)NC(=O)C(N)CCC(N)=O)C(=O)O. The van der Waals surface area contributed by atoms with Gasteiger partial charge >= 0.3 is 5.97 Å². The highest BCUT2D eigenvalue weighted by Crippen LogP contribution is 2.08. The van der Waals surface area contributed by atoms with Gasteiger partial charge in [-0.05, 0) is 31.6 Å². The van der Waals surface area contributed by atoms with Gasteiger partial charge in [0.05, 0.1) is 6.04 Å². The second kappa shape index (κ2) is 16.0. The molecule has 6 amide bonds. The molecule has 4 unspecified atom stereocenters. The second-order valence-electron chi connectivity index (χ2n) is 8.77. The number of carboxylic acids is 1. The number of carbonyl (C=O) groups excluding carboxylic acids is 6. The van der Waals surface area contributed by atoms with Gasteiger partial charge in [-0.25, -0.2) is 4.79 Å². The highest BCUT2D eigenvalue weighted by Gasteiger charge is 2.31. The molecule has 0 bridgehead atoms. The molecule has 15 nitrogen and oxygen atoms in total. The zero-order valence-corrected chi connectivity index (χ0v) is 20.5. The number of carbonyl (C=O) groups is 7. The summed E-state index contributed by atoms with van der Waals surface area (Å²) in [6.07, 6.45) is -1.28. The molecular formula is C21H37N7O8. The maximum Gasteiger partial charge on any atom is 0.326 e. The summed E-state index contributed by atoms with van der Waals surface area (Å²) in [5.41, 5.74) is 21.0. The number of hydrogen-bond donors (Lipinski definition) is 8. The fourth-order valence-electron chi connectivity index (χ4n) is 3.06. The van der Waals surface area contributed by atoms with E-state index in [1.165, 1.54) is 0 Å². The Morgan fingerprint density at radius 3 is 1.36 bits per heavy atom. The van der Waals surface area contributed by atoms with Crippen LogP contribution in [-0.2, 0) is 33.6 Å². The fourth-order valence-corrected chi connectivity index (χ4v) is 3.06. The van der Waals surface area contributed by atoms with Crippen LogP contribution in [-0.4, -0.2) is 70.7 Å². The zero-order chi connectivity index (χ0) is 28.0. The van der Waals surface area contributed by atoms with Gasteiger partial charge in [0.2, 0.25) is 35.4 Å². The van der Waals surface area contributed by atoms with E-state index in [2.05, 4.69) is 16.0 Å². The van der Waals surface area contributed by atoms with Crippen molar-refractivity contribution in [3.05, 3.63) is 0 Å². The molecule has 0 fully saturated rings. The summed E-state index contributed by atoms with van der Waals surface area (Å²) in [5, 5.41) is 16.4. The molecule has 0 radical (unpaired) electrons. The van der Waals surface area contributed by atoms with E-state index in [4.69, 9.17) is 22.9 Å². The first-order chi connectivity index (χ1) is 16.6. The summed E-state index contributed by atoms with van der Waals surface area (Å²) in [4.78, 5) is 83.0. The average molecular weight is 516 g/mol. The Morgan fingerprint density at radius 1 is 0.639 bits per heavy atom. The third-order valence-corrected chi connectivity index (χ3v) is 4.98. The predicted octanol–water partition coefficient (Wildman–Crippen LogP) is -3.30. The number of carboxylic acid groups (broad SMARTS) is 1. The van der Waals surface area contributed by atoms with Crippen LogP contribution in [0.15, 0.2) is 0 Å². The van der Waals surface area contributed by atoms with E-state index in [9.17, 15) is 38.7 Å². The molecule has 0 spiro atoms. The number of rotatable bonds is 18. The van der Waals surface area contributed by atoms with Crippen LogP contribution >= 0.6 is 0 Å². The van der Waals surface area contributed by atoms with Crippen molar-refractivity contribution in [1.82, 2.24) is 16.0 Å². The van der Waals surface area contributed by atoms with E-state index < -0.39 is 65.6 Å². The topological polar surface area (TPSA) is 280 Å². The van der Waals surface area contributed by atoms with Gasteiger partial charge in [-0.15, -0.1) is 0 Å². The van der Waals surface area contributed by atoms with Crippen LogP contribution in [0.5, 0.6) is 0 Å². The Bertz CT molecular complexity index is 833. The number of amides is 6. The number of nitrogens with one attached hydrogen (secondary N) is 3. The monoisotopic (exact) mass is 515 g/mol. The standard InChI is InChI=1S/C21H37N7O8/c1-10(2)9-14(21(35)36)28-20(34)13(5-8-17(25)31)27-19(33)12(4-7-16(24)30)26-18(32)11(22)3-6-15(23)29/h10-14H,3-9,22H2,1-2H3,(H2,23,29)(H2,24,30)(H2,25,31)(H,26,32)(H,27,33)(H,28,34)(H,35,36). The number of hydrogen-bond acceptors (Lipinski definition) is 8. The number of primary amides is 3. The van der Waals surface area contributed by atoms with Gasteiger partial charge in [-0.3, -0.25) is 28.8 Å². The lowest BCUT2D eigenvalue weighted by Gasteiger charge is -2.25. The van der Waals surface area contributed by atoms with E-state index >= 15 is 0 Å². The minimum Gasteiger partial charge on any atom is -0.480 e. The Labute approximate surface area is 208 Å². The van der Waals surface area contributed by atoms with Crippen molar-refractivity contribution in [3.8, 4) is 0 Å². The van der Waals surface area contributed by atoms with Crippen molar-refractivity contribution in [2.75, 3.05) is 0 Å². The van der Waals surface area contributed by atoms with Crippen molar-refractivity contribution in [3.63, 3.8) is 0 Å². The Balaban J connectivity index is 5.63. The lowest BCUT2D eigenvalue weighted by Crippen LogP contribution is -2.57. The van der Waals surface area contributed by atoms with E-state index in [0.29, 0.717) is 0 Å². The molecule has 0 aromatic rings. The summed E-state index contributed by atoms with van der Waals surface area (Å²) in [7, 11) is 0. The lowest BCUT2D eigenvalue weighted by atomic mass is 10.0. The first-order valence-corrected chi connectivity index (χ1v) is 11.4. The van der Waals surface area contributed by atoms with Gasteiger partial charge in [-0.1, -0.05) is 13.8 Å². The molecule has 0 aromatic heterocycles. The maximum atomic E-state index is 12.9. The molecule has 0 aliphatic rings. The summed E-state index contributed by atoms with van der Waals surface area (Å²) >= 11 is 0. The molecule has 0 aliphatic heterocycles. The third-order valence-electron chi connectivity index (χ3n) is 4.98. The molecule has 0 rings (SSSR count). The van der Waals surface area contributed by atoms with Gasteiger partial charge in [-0.2, -0.15) is 0 Å². The van der Waals surface area contributed by atoms with Crippen LogP contribution < -0.4 is 38.9 Å². The fraction of sp³-hybridized carbons (Fsp3) is 0.667. The average Bonchev–Trinajstić information content (AvgIpc) is 2.75. The van der Waals surface area contributed by atoms with Crippen molar-refractivity contribution < 1.29 is 38.7 Å². The van der Waals surface area contributed by atoms with E-state index in [0.717, 1.165) is 0 Å². The van der Waals surface area contributed by atoms with Gasteiger partial charge in [0, 0.05) is 19.3 Å². The number of aliphatic carboxylic acids is 1. The van der Waals surface area contributed by atoms with Gasteiger partial charge in [0.15, 0.2) is 0 Å². The van der Waals surface area contributed by atoms with Crippen molar-refractivity contribution in [2.45, 2.75) is 83.0 Å². The molecule has 12 N–H and O–H groups in total. The van der Waals surface area contributed by atoms with Gasteiger partial charge in [0.1, 0.15) is 18.1 Å². The quantitative estimate of drug-likeness (QED) is 0.0905. The minimum absolute atomic E-state index is 0.0720. The lowest BCUT2D eigenvalue weighted by molar-refractivity contribution is -0.143.